The molecule has 0 atom stereocenters. The fourth-order valence-corrected chi connectivity index (χ4v) is 9.03. The summed E-state index contributed by atoms with van der Waals surface area (Å²) >= 11 is 1.84. The molecule has 9 aromatic carbocycles. The number of benzene rings is 9. The molecule has 0 amide bonds. The zero-order valence-electron chi connectivity index (χ0n) is 31.8. The molecule has 0 fully saturated rings. The minimum atomic E-state index is 1.07. The maximum Gasteiger partial charge on any atom is 0.0488 e. The third kappa shape index (κ3) is 6.87. The summed E-state index contributed by atoms with van der Waals surface area (Å²) in [6.45, 7) is 0. The number of thiophene rings is 1. The molecule has 10 rings (SSSR count). The fraction of sp³-hybridized carbons (Fsp3) is 0. The largest absolute Gasteiger partial charge is 0.310 e. The van der Waals surface area contributed by atoms with Gasteiger partial charge in [-0.1, -0.05) is 127 Å². The van der Waals surface area contributed by atoms with E-state index in [0.717, 1.165) is 62.3 Å². The minimum Gasteiger partial charge on any atom is -0.310 e. The summed E-state index contributed by atoms with van der Waals surface area (Å²) in [5.41, 5.74) is 12.2. The number of para-hydroxylation sites is 5. The molecule has 1 aromatic heterocycles. The molecular formula is C54H39N3S. The predicted molar refractivity (Wildman–Crippen MR) is 249 cm³/mol. The first-order chi connectivity index (χ1) is 28.8. The van der Waals surface area contributed by atoms with Crippen LogP contribution < -0.4 is 14.7 Å². The molecule has 1 heterocycles. The van der Waals surface area contributed by atoms with Crippen molar-refractivity contribution in [2.75, 3.05) is 14.7 Å². The van der Waals surface area contributed by atoms with Crippen molar-refractivity contribution in [3.63, 3.8) is 0 Å². The van der Waals surface area contributed by atoms with Crippen molar-refractivity contribution in [1.82, 2.24) is 0 Å². The maximum atomic E-state index is 2.39. The van der Waals surface area contributed by atoms with Crippen LogP contribution in [0.4, 0.5) is 51.2 Å². The van der Waals surface area contributed by atoms with Gasteiger partial charge in [0.25, 0.3) is 0 Å². The Labute approximate surface area is 343 Å². The van der Waals surface area contributed by atoms with Crippen molar-refractivity contribution >= 4 is 82.7 Å². The van der Waals surface area contributed by atoms with Gasteiger partial charge in [-0.3, -0.25) is 0 Å². The van der Waals surface area contributed by atoms with E-state index >= 15 is 0 Å². The zero-order chi connectivity index (χ0) is 38.7. The fourth-order valence-electron chi connectivity index (χ4n) is 7.91. The highest BCUT2D eigenvalue weighted by atomic mass is 32.1. The van der Waals surface area contributed by atoms with Crippen molar-refractivity contribution in [3.8, 4) is 11.1 Å². The molecule has 0 aliphatic heterocycles. The van der Waals surface area contributed by atoms with E-state index in [-0.39, 0.29) is 0 Å². The monoisotopic (exact) mass is 761 g/mol. The first kappa shape index (κ1) is 35.0. The molecule has 0 N–H and O–H groups in total. The Morgan fingerprint density at radius 2 is 0.603 bits per heavy atom. The number of fused-ring (bicyclic) bond motifs is 3. The Morgan fingerprint density at radius 3 is 1.07 bits per heavy atom. The predicted octanol–water partition coefficient (Wildman–Crippen LogP) is 16.1. The average molecular weight is 762 g/mol. The van der Waals surface area contributed by atoms with E-state index in [1.54, 1.807) is 0 Å². The van der Waals surface area contributed by atoms with Crippen molar-refractivity contribution in [3.05, 3.63) is 237 Å². The van der Waals surface area contributed by atoms with Gasteiger partial charge in [-0.15, -0.1) is 11.3 Å². The van der Waals surface area contributed by atoms with E-state index in [2.05, 4.69) is 251 Å². The molecule has 10 aromatic rings. The van der Waals surface area contributed by atoms with Gasteiger partial charge in [0.05, 0.1) is 0 Å². The van der Waals surface area contributed by atoms with E-state index in [9.17, 15) is 0 Å². The Hall–Kier alpha value is -7.40. The van der Waals surface area contributed by atoms with Crippen LogP contribution in [0.25, 0.3) is 31.3 Å². The Bertz CT molecular complexity index is 2860. The lowest BCUT2D eigenvalue weighted by molar-refractivity contribution is 1.25. The van der Waals surface area contributed by atoms with Crippen LogP contribution in [0, 0.1) is 0 Å². The number of hydrogen-bond acceptors (Lipinski definition) is 4. The number of hydrogen-bond donors (Lipinski definition) is 0. The third-order valence-electron chi connectivity index (χ3n) is 10.6. The van der Waals surface area contributed by atoms with Crippen LogP contribution >= 0.6 is 11.3 Å². The molecule has 3 nitrogen and oxygen atoms in total. The van der Waals surface area contributed by atoms with Crippen molar-refractivity contribution in [2.24, 2.45) is 0 Å². The summed E-state index contributed by atoms with van der Waals surface area (Å²) in [7, 11) is 0. The summed E-state index contributed by atoms with van der Waals surface area (Å²) in [4.78, 5) is 7.08. The molecule has 0 aliphatic rings. The standard InChI is InChI=1S/C54H39N3S/c1-7-19-40(20-8-1)41-35-49(56(44-25-13-4-14-26-44)45-27-15-5-16-28-45)37-50(36-41)57(46-29-17-6-18-30-46)48-31-33-51-52-38-47(32-34-53(52)58-54(51)39-48)55(42-21-9-2-10-22-42)43-23-11-3-12-24-43/h1-39H. The second-order valence-electron chi connectivity index (χ2n) is 14.3. The average Bonchev–Trinajstić information content (AvgIpc) is 3.66. The first-order valence-electron chi connectivity index (χ1n) is 19.6. The van der Waals surface area contributed by atoms with Crippen molar-refractivity contribution in [2.45, 2.75) is 0 Å². The number of nitrogens with zero attached hydrogens (tertiary/aromatic N) is 3. The van der Waals surface area contributed by atoms with Crippen LogP contribution in [-0.2, 0) is 0 Å². The van der Waals surface area contributed by atoms with Gasteiger partial charge in [0.2, 0.25) is 0 Å². The number of rotatable bonds is 10. The molecular weight excluding hydrogens is 723 g/mol. The normalized spacial score (nSPS) is 11.1. The summed E-state index contributed by atoms with van der Waals surface area (Å²) in [5.74, 6) is 0. The summed E-state index contributed by atoms with van der Waals surface area (Å²) < 4.78 is 2.50. The number of anilines is 9. The van der Waals surface area contributed by atoms with Gasteiger partial charge < -0.3 is 14.7 Å². The smallest absolute Gasteiger partial charge is 0.0488 e. The quantitative estimate of drug-likeness (QED) is 0.137. The summed E-state index contributed by atoms with van der Waals surface area (Å²) in [6.07, 6.45) is 0. The lowest BCUT2D eigenvalue weighted by atomic mass is 10.0. The first-order valence-corrected chi connectivity index (χ1v) is 20.4. The molecule has 276 valence electrons. The highest BCUT2D eigenvalue weighted by molar-refractivity contribution is 7.25. The van der Waals surface area contributed by atoms with Crippen LogP contribution in [0.15, 0.2) is 237 Å². The zero-order valence-corrected chi connectivity index (χ0v) is 32.6. The molecule has 0 spiro atoms. The molecule has 0 saturated carbocycles. The topological polar surface area (TPSA) is 9.72 Å². The van der Waals surface area contributed by atoms with E-state index in [4.69, 9.17) is 0 Å². The third-order valence-corrected chi connectivity index (χ3v) is 11.7. The van der Waals surface area contributed by atoms with Gasteiger partial charge >= 0.3 is 0 Å². The Kier molecular flexibility index (Phi) is 9.44. The molecule has 58 heavy (non-hydrogen) atoms. The minimum absolute atomic E-state index is 1.07. The molecule has 0 bridgehead atoms. The molecule has 0 aliphatic carbocycles. The molecule has 0 saturated heterocycles. The van der Waals surface area contributed by atoms with Crippen molar-refractivity contribution in [1.29, 1.82) is 0 Å². The SMILES string of the molecule is c1ccc(-c2cc(N(c3ccccc3)c3ccccc3)cc(N(c3ccccc3)c3ccc4c(c3)sc3ccc(N(c5ccccc5)c5ccccc5)cc34)c2)cc1. The Balaban J connectivity index is 1.14. The van der Waals surface area contributed by atoms with E-state index < -0.39 is 0 Å². The van der Waals surface area contributed by atoms with Crippen molar-refractivity contribution < 1.29 is 0 Å². The lowest BCUT2D eigenvalue weighted by Gasteiger charge is -2.30. The molecule has 4 heteroatoms. The summed E-state index contributed by atoms with van der Waals surface area (Å²) in [5, 5.41) is 2.50. The Morgan fingerprint density at radius 1 is 0.224 bits per heavy atom. The van der Waals surface area contributed by atoms with Crippen LogP contribution in [-0.4, -0.2) is 0 Å². The van der Waals surface area contributed by atoms with Crippen LogP contribution in [0.1, 0.15) is 0 Å². The highest BCUT2D eigenvalue weighted by Crippen LogP contribution is 2.46. The van der Waals surface area contributed by atoms with Gasteiger partial charge in [-0.25, -0.2) is 0 Å². The van der Waals surface area contributed by atoms with E-state index in [1.165, 1.54) is 20.2 Å². The maximum absolute atomic E-state index is 2.39. The van der Waals surface area contributed by atoms with E-state index in [1.807, 2.05) is 11.3 Å². The second-order valence-corrected chi connectivity index (χ2v) is 15.3. The van der Waals surface area contributed by atoms with Crippen LogP contribution in [0.3, 0.4) is 0 Å². The molecule has 0 unspecified atom stereocenters. The highest BCUT2D eigenvalue weighted by Gasteiger charge is 2.21. The van der Waals surface area contributed by atoms with Crippen LogP contribution in [0.5, 0.6) is 0 Å². The molecule has 0 radical (unpaired) electrons. The van der Waals surface area contributed by atoms with Gasteiger partial charge in [0.15, 0.2) is 0 Å². The van der Waals surface area contributed by atoms with Gasteiger partial charge in [-0.05, 0) is 120 Å². The second kappa shape index (κ2) is 15.6. The lowest BCUT2D eigenvalue weighted by Crippen LogP contribution is -2.13. The summed E-state index contributed by atoms with van der Waals surface area (Å²) in [6, 6.07) is 84.7. The van der Waals surface area contributed by atoms with E-state index in [0.29, 0.717) is 0 Å². The van der Waals surface area contributed by atoms with Gasteiger partial charge in [-0.2, -0.15) is 0 Å². The van der Waals surface area contributed by atoms with Crippen LogP contribution in [0.2, 0.25) is 0 Å². The van der Waals surface area contributed by atoms with Gasteiger partial charge in [0, 0.05) is 71.4 Å². The van der Waals surface area contributed by atoms with Gasteiger partial charge in [0.1, 0.15) is 0 Å².